The molecule has 0 fully saturated rings. The van der Waals surface area contributed by atoms with E-state index in [2.05, 4.69) is 10.6 Å². The molecule has 26 heavy (non-hydrogen) atoms. The molecule has 0 radical (unpaired) electrons. The number of ether oxygens (including phenoxy) is 1. The van der Waals surface area contributed by atoms with E-state index in [-0.39, 0.29) is 24.3 Å². The van der Waals surface area contributed by atoms with Gasteiger partial charge in [-0.25, -0.2) is 4.79 Å². The van der Waals surface area contributed by atoms with Crippen molar-refractivity contribution >= 4 is 23.6 Å². The molecule has 0 unspecified atom stereocenters. The van der Waals surface area contributed by atoms with Crippen LogP contribution < -0.4 is 10.6 Å². The van der Waals surface area contributed by atoms with Crippen LogP contribution in [0.15, 0.2) is 24.3 Å². The van der Waals surface area contributed by atoms with Gasteiger partial charge in [0, 0.05) is 25.2 Å². The Labute approximate surface area is 155 Å². The third kappa shape index (κ3) is 8.00. The second kappa shape index (κ2) is 9.22. The molecular formula is C19H29N3O4. The van der Waals surface area contributed by atoms with Crippen LogP contribution in [0.1, 0.15) is 40.2 Å². The first-order chi connectivity index (χ1) is 12.0. The number of anilines is 1. The van der Waals surface area contributed by atoms with E-state index in [4.69, 9.17) is 4.74 Å². The normalized spacial score (nSPS) is 11.0. The Balaban J connectivity index is 2.45. The van der Waals surface area contributed by atoms with E-state index in [1.165, 1.54) is 11.9 Å². The van der Waals surface area contributed by atoms with Crippen LogP contribution in [0.2, 0.25) is 0 Å². The number of amides is 3. The number of nitrogens with zero attached hydrogens (tertiary/aromatic N) is 1. The highest BCUT2D eigenvalue weighted by Gasteiger charge is 2.20. The van der Waals surface area contributed by atoms with Gasteiger partial charge in [-0.1, -0.05) is 26.0 Å². The second-order valence-corrected chi connectivity index (χ2v) is 7.45. The summed E-state index contributed by atoms with van der Waals surface area (Å²) in [5.74, 6) is -0.414. The highest BCUT2D eigenvalue weighted by molar-refractivity contribution is 5.92. The molecule has 1 aromatic rings. The van der Waals surface area contributed by atoms with Gasteiger partial charge in [0.2, 0.25) is 11.8 Å². The lowest BCUT2D eigenvalue weighted by Gasteiger charge is -2.24. The van der Waals surface area contributed by atoms with Gasteiger partial charge in [0.05, 0.1) is 0 Å². The van der Waals surface area contributed by atoms with Crippen molar-refractivity contribution in [3.63, 3.8) is 0 Å². The zero-order valence-corrected chi connectivity index (χ0v) is 16.4. The summed E-state index contributed by atoms with van der Waals surface area (Å²) in [6.45, 7) is 9.21. The monoisotopic (exact) mass is 363 g/mol. The van der Waals surface area contributed by atoms with Gasteiger partial charge in [-0.2, -0.15) is 0 Å². The molecule has 0 atom stereocenters. The summed E-state index contributed by atoms with van der Waals surface area (Å²) in [4.78, 5) is 36.7. The van der Waals surface area contributed by atoms with E-state index in [1.807, 2.05) is 26.0 Å². The van der Waals surface area contributed by atoms with Crippen molar-refractivity contribution < 1.29 is 19.1 Å². The van der Waals surface area contributed by atoms with Gasteiger partial charge in [0.15, 0.2) is 0 Å². The van der Waals surface area contributed by atoms with Crippen LogP contribution in [0.4, 0.5) is 10.5 Å². The summed E-state index contributed by atoms with van der Waals surface area (Å²) in [6.07, 6.45) is -0.544. The molecule has 7 nitrogen and oxygen atoms in total. The molecule has 0 bridgehead atoms. The Hall–Kier alpha value is -2.57. The van der Waals surface area contributed by atoms with E-state index < -0.39 is 11.7 Å². The highest BCUT2D eigenvalue weighted by atomic mass is 16.6. The van der Waals surface area contributed by atoms with E-state index >= 15 is 0 Å². The number of benzene rings is 1. The number of carbonyl (C=O) groups excluding carboxylic acids is 3. The van der Waals surface area contributed by atoms with Gasteiger partial charge >= 0.3 is 6.09 Å². The first-order valence-corrected chi connectivity index (χ1v) is 8.58. The summed E-state index contributed by atoms with van der Waals surface area (Å²) in [5.41, 5.74) is 0.999. The minimum absolute atomic E-state index is 0.0452. The quantitative estimate of drug-likeness (QED) is 0.813. The molecule has 0 aromatic heterocycles. The molecule has 0 aliphatic carbocycles. The lowest BCUT2D eigenvalue weighted by atomic mass is 10.1. The van der Waals surface area contributed by atoms with E-state index in [9.17, 15) is 14.4 Å². The lowest BCUT2D eigenvalue weighted by molar-refractivity contribution is -0.122. The second-order valence-electron chi connectivity index (χ2n) is 7.45. The Morgan fingerprint density at radius 2 is 1.69 bits per heavy atom. The smallest absolute Gasteiger partial charge is 0.410 e. The summed E-state index contributed by atoms with van der Waals surface area (Å²) in [5, 5.41) is 5.56. The Morgan fingerprint density at radius 1 is 1.12 bits per heavy atom. The van der Waals surface area contributed by atoms with Crippen molar-refractivity contribution in [2.24, 2.45) is 5.92 Å². The third-order valence-corrected chi connectivity index (χ3v) is 3.32. The maximum atomic E-state index is 12.0. The van der Waals surface area contributed by atoms with Gasteiger partial charge in [-0.05, 0) is 38.5 Å². The number of rotatable bonds is 6. The minimum atomic E-state index is -0.603. The first-order valence-electron chi connectivity index (χ1n) is 8.58. The Kier molecular flexibility index (Phi) is 7.61. The molecule has 0 heterocycles. The van der Waals surface area contributed by atoms with Crippen LogP contribution in [0.5, 0.6) is 0 Å². The average molecular weight is 363 g/mol. The van der Waals surface area contributed by atoms with Gasteiger partial charge in [-0.3, -0.25) is 9.59 Å². The maximum Gasteiger partial charge on any atom is 0.410 e. The minimum Gasteiger partial charge on any atom is -0.444 e. The molecule has 0 saturated carbocycles. The predicted molar refractivity (Wildman–Crippen MR) is 101 cm³/mol. The summed E-state index contributed by atoms with van der Waals surface area (Å²) in [6, 6.07) is 7.23. The van der Waals surface area contributed by atoms with Gasteiger partial charge in [0.1, 0.15) is 12.1 Å². The molecule has 0 saturated heterocycles. The zero-order valence-electron chi connectivity index (χ0n) is 16.4. The van der Waals surface area contributed by atoms with Gasteiger partial charge in [-0.15, -0.1) is 0 Å². The van der Waals surface area contributed by atoms with Crippen LogP contribution in [0.25, 0.3) is 0 Å². The molecule has 0 aliphatic rings. The molecule has 0 aliphatic heterocycles. The molecule has 1 rings (SSSR count). The van der Waals surface area contributed by atoms with E-state index in [0.717, 1.165) is 5.56 Å². The van der Waals surface area contributed by atoms with E-state index in [1.54, 1.807) is 32.9 Å². The first kappa shape index (κ1) is 21.5. The molecule has 0 spiro atoms. The Morgan fingerprint density at radius 3 is 2.19 bits per heavy atom. The lowest BCUT2D eigenvalue weighted by Crippen LogP contribution is -2.40. The van der Waals surface area contributed by atoms with Gasteiger partial charge < -0.3 is 20.3 Å². The fraction of sp³-hybridized carbons (Fsp3) is 0.526. The van der Waals surface area contributed by atoms with Crippen molar-refractivity contribution in [2.75, 3.05) is 18.9 Å². The average Bonchev–Trinajstić information content (AvgIpc) is 2.52. The summed E-state index contributed by atoms with van der Waals surface area (Å²) in [7, 11) is 1.51. The van der Waals surface area contributed by atoms with Crippen molar-refractivity contribution in [3.8, 4) is 0 Å². The number of nitrogens with one attached hydrogen (secondary N) is 2. The molecule has 144 valence electrons. The van der Waals surface area contributed by atoms with Crippen molar-refractivity contribution in [1.82, 2.24) is 10.2 Å². The van der Waals surface area contributed by atoms with Crippen LogP contribution in [0.3, 0.4) is 0 Å². The summed E-state index contributed by atoms with van der Waals surface area (Å²) < 4.78 is 5.20. The van der Waals surface area contributed by atoms with Crippen LogP contribution >= 0.6 is 0 Å². The van der Waals surface area contributed by atoms with Crippen LogP contribution in [-0.2, 0) is 20.9 Å². The predicted octanol–water partition coefficient (Wildman–Crippen LogP) is 2.76. The standard InChI is InChI=1S/C19H29N3O4/c1-13(2)17(24)21-15-9-7-14(8-10-15)11-20-16(23)12-22(6)18(25)26-19(3,4)5/h7-10,13H,11-12H2,1-6H3,(H,20,23)(H,21,24). The number of hydrogen-bond donors (Lipinski definition) is 2. The SMILES string of the molecule is CC(C)C(=O)Nc1ccc(CNC(=O)CN(C)C(=O)OC(C)(C)C)cc1. The number of likely N-dealkylation sites (N-methyl/N-ethyl adjacent to an activating group) is 1. The van der Waals surface area contributed by atoms with E-state index in [0.29, 0.717) is 12.2 Å². The van der Waals surface area contributed by atoms with Crippen LogP contribution in [-0.4, -0.2) is 42.0 Å². The molecular weight excluding hydrogens is 334 g/mol. The molecule has 3 amide bonds. The zero-order chi connectivity index (χ0) is 19.9. The van der Waals surface area contributed by atoms with Crippen molar-refractivity contribution in [2.45, 2.75) is 46.8 Å². The number of carbonyl (C=O) groups is 3. The Bertz CT molecular complexity index is 633. The highest BCUT2D eigenvalue weighted by Crippen LogP contribution is 2.11. The largest absolute Gasteiger partial charge is 0.444 e. The molecule has 2 N–H and O–H groups in total. The van der Waals surface area contributed by atoms with Gasteiger partial charge in [0.25, 0.3) is 0 Å². The van der Waals surface area contributed by atoms with Crippen molar-refractivity contribution in [3.05, 3.63) is 29.8 Å². The topological polar surface area (TPSA) is 87.7 Å². The fourth-order valence-corrected chi connectivity index (χ4v) is 1.87. The third-order valence-electron chi connectivity index (χ3n) is 3.32. The molecule has 1 aromatic carbocycles. The molecule has 7 heteroatoms. The summed E-state index contributed by atoms with van der Waals surface area (Å²) >= 11 is 0. The number of hydrogen-bond acceptors (Lipinski definition) is 4. The van der Waals surface area contributed by atoms with Crippen LogP contribution in [0, 0.1) is 5.92 Å². The van der Waals surface area contributed by atoms with Crippen molar-refractivity contribution in [1.29, 1.82) is 0 Å². The maximum absolute atomic E-state index is 12.0. The fourth-order valence-electron chi connectivity index (χ4n) is 1.87.